The van der Waals surface area contributed by atoms with Gasteiger partial charge in [-0.3, -0.25) is 0 Å². The summed E-state index contributed by atoms with van der Waals surface area (Å²) in [6.07, 6.45) is -1.50. The molecule has 6 unspecified atom stereocenters. The third-order valence-electron chi connectivity index (χ3n) is 3.33. The Morgan fingerprint density at radius 3 is 2.43 bits per heavy atom. The molecule has 21 heavy (non-hydrogen) atoms. The first kappa shape index (κ1) is 18.2. The molecule has 6 nitrogen and oxygen atoms in total. The molecule has 2 saturated heterocycles. The van der Waals surface area contributed by atoms with Gasteiger partial charge in [0.25, 0.3) is 0 Å². The second-order valence-corrected chi connectivity index (χ2v) is 10.3. The van der Waals surface area contributed by atoms with Crippen molar-refractivity contribution in [3.05, 3.63) is 0 Å². The molecule has 2 aliphatic heterocycles. The Morgan fingerprint density at radius 2 is 1.86 bits per heavy atom. The van der Waals surface area contributed by atoms with Crippen molar-refractivity contribution in [2.75, 3.05) is 13.2 Å². The lowest BCUT2D eigenvalue weighted by molar-refractivity contribution is -0.00868. The highest BCUT2D eigenvalue weighted by Crippen LogP contribution is 2.56. The molecule has 2 fully saturated rings. The van der Waals surface area contributed by atoms with Crippen molar-refractivity contribution in [2.24, 2.45) is 0 Å². The normalized spacial score (nSPS) is 43.0. The molecule has 7 atom stereocenters. The maximum atomic E-state index is 9.71. The molecule has 116 valence electrons. The number of thiol groups is 1. The van der Waals surface area contributed by atoms with Crippen LogP contribution in [0.4, 0.5) is 0 Å². The van der Waals surface area contributed by atoms with Gasteiger partial charge in [-0.2, -0.15) is 0 Å². The molecule has 0 spiro atoms. The van der Waals surface area contributed by atoms with Crippen LogP contribution in [0.1, 0.15) is 12.8 Å². The maximum absolute atomic E-state index is 9.71. The Kier molecular flexibility index (Phi) is 6.63. The fourth-order valence-electron chi connectivity index (χ4n) is 2.30. The van der Waals surface area contributed by atoms with Crippen molar-refractivity contribution < 1.29 is 28.7 Å². The number of rotatable bonds is 6. The van der Waals surface area contributed by atoms with Gasteiger partial charge in [-0.25, -0.2) is 0 Å². The minimum Gasteiger partial charge on any atom is -0.394 e. The van der Waals surface area contributed by atoms with Gasteiger partial charge < -0.3 is 28.7 Å². The molecule has 0 saturated carbocycles. The fourth-order valence-corrected chi connectivity index (χ4v) is 4.34. The van der Waals surface area contributed by atoms with E-state index in [1.54, 1.807) is 0 Å². The zero-order chi connectivity index (χ0) is 15.6. The summed E-state index contributed by atoms with van der Waals surface area (Å²) >= 11 is 9.44. The topological polar surface area (TPSA) is 77.4 Å². The van der Waals surface area contributed by atoms with Gasteiger partial charge in [-0.15, -0.1) is 0 Å². The van der Waals surface area contributed by atoms with Crippen LogP contribution in [0, 0.1) is 0 Å². The smallest absolute Gasteiger partial charge is 0.244 e. The molecule has 0 aliphatic carbocycles. The fraction of sp³-hybridized carbons (Fsp3) is 1.00. The summed E-state index contributed by atoms with van der Waals surface area (Å²) in [7, 11) is 11.2. The van der Waals surface area contributed by atoms with Crippen molar-refractivity contribution in [1.82, 2.24) is 0 Å². The SMILES string of the molecule is [B]C1CC(OP(=S)(S)OCC2O[C@@H]([B])CC2O)C(CO)O1. The van der Waals surface area contributed by atoms with Gasteiger partial charge >= 0.3 is 0 Å². The molecule has 0 aromatic carbocycles. The van der Waals surface area contributed by atoms with E-state index in [1.807, 2.05) is 0 Å². The van der Waals surface area contributed by atoms with Crippen molar-refractivity contribution in [3.8, 4) is 0 Å². The monoisotopic (exact) mass is 350 g/mol. The molecule has 0 aromatic rings. The van der Waals surface area contributed by atoms with E-state index in [-0.39, 0.29) is 13.2 Å². The second-order valence-electron chi connectivity index (χ2n) is 5.06. The van der Waals surface area contributed by atoms with Gasteiger partial charge in [0.2, 0.25) is 5.69 Å². The van der Waals surface area contributed by atoms with Crippen LogP contribution < -0.4 is 0 Å². The van der Waals surface area contributed by atoms with Crippen LogP contribution in [0.2, 0.25) is 0 Å². The zero-order valence-corrected chi connectivity index (χ0v) is 13.9. The van der Waals surface area contributed by atoms with Crippen LogP contribution >= 0.6 is 17.9 Å². The first-order chi connectivity index (χ1) is 9.80. The summed E-state index contributed by atoms with van der Waals surface area (Å²) in [4.78, 5) is 0. The quantitative estimate of drug-likeness (QED) is 0.338. The number of aliphatic hydroxyl groups is 2. The molecule has 0 bridgehead atoms. The van der Waals surface area contributed by atoms with E-state index in [2.05, 4.69) is 12.2 Å². The largest absolute Gasteiger partial charge is 0.394 e. The molecule has 2 N–H and O–H groups in total. The first-order valence-corrected chi connectivity index (χ1v) is 10.4. The molecule has 0 aromatic heterocycles. The average molecular weight is 350 g/mol. The number of ether oxygens (including phenoxy) is 2. The van der Waals surface area contributed by atoms with Crippen LogP contribution in [0.25, 0.3) is 0 Å². The molecular weight excluding hydrogens is 333 g/mol. The highest BCUT2D eigenvalue weighted by Gasteiger charge is 2.37. The first-order valence-electron chi connectivity index (χ1n) is 6.57. The minimum atomic E-state index is -2.87. The summed E-state index contributed by atoms with van der Waals surface area (Å²) in [6, 6.07) is -1.01. The summed E-state index contributed by atoms with van der Waals surface area (Å²) < 4.78 is 21.7. The van der Waals surface area contributed by atoms with Crippen molar-refractivity contribution in [3.63, 3.8) is 0 Å². The zero-order valence-electron chi connectivity index (χ0n) is 11.3. The van der Waals surface area contributed by atoms with E-state index >= 15 is 0 Å². The Balaban J connectivity index is 1.83. The molecule has 2 aliphatic rings. The number of aliphatic hydroxyl groups excluding tert-OH is 2. The van der Waals surface area contributed by atoms with Crippen LogP contribution in [0.3, 0.4) is 0 Å². The van der Waals surface area contributed by atoms with Crippen molar-refractivity contribution in [1.29, 1.82) is 0 Å². The van der Waals surface area contributed by atoms with E-state index in [4.69, 9.17) is 46.0 Å². The molecule has 4 radical (unpaired) electrons. The van der Waals surface area contributed by atoms with Crippen LogP contribution in [-0.4, -0.2) is 75.5 Å². The molecule has 0 amide bonds. The van der Waals surface area contributed by atoms with Crippen LogP contribution in [-0.2, 0) is 30.3 Å². The van der Waals surface area contributed by atoms with Gasteiger partial charge in [0.15, 0.2) is 0 Å². The summed E-state index contributed by atoms with van der Waals surface area (Å²) in [5.41, 5.74) is -2.87. The van der Waals surface area contributed by atoms with Gasteiger partial charge in [-0.1, -0.05) is 12.2 Å². The summed E-state index contributed by atoms with van der Waals surface area (Å²) in [5, 5.41) is 18.9. The molecule has 2 heterocycles. The summed E-state index contributed by atoms with van der Waals surface area (Å²) in [5.74, 6) is 0. The highest BCUT2D eigenvalue weighted by molar-refractivity contribution is 8.60. The van der Waals surface area contributed by atoms with E-state index in [0.717, 1.165) is 0 Å². The van der Waals surface area contributed by atoms with Crippen LogP contribution in [0.15, 0.2) is 0 Å². The Morgan fingerprint density at radius 1 is 1.24 bits per heavy atom. The molecule has 2 rings (SSSR count). The molecular formula is C10H17B2O6PS2. The van der Waals surface area contributed by atoms with E-state index in [9.17, 15) is 10.2 Å². The van der Waals surface area contributed by atoms with Gasteiger partial charge in [0, 0.05) is 12.0 Å². The third kappa shape index (κ3) is 5.19. The Labute approximate surface area is 137 Å². The maximum Gasteiger partial charge on any atom is 0.244 e. The highest BCUT2D eigenvalue weighted by atomic mass is 32.9. The number of hydrogen-bond donors (Lipinski definition) is 3. The summed E-state index contributed by atoms with van der Waals surface area (Å²) in [6.45, 7) is -0.181. The molecule has 11 heteroatoms. The van der Waals surface area contributed by atoms with Gasteiger partial charge in [-0.05, 0) is 24.6 Å². The number of hydrogen-bond acceptors (Lipinski definition) is 7. The van der Waals surface area contributed by atoms with Gasteiger partial charge in [0.1, 0.15) is 27.9 Å². The third-order valence-corrected chi connectivity index (χ3v) is 5.55. The lowest BCUT2D eigenvalue weighted by atomic mass is 9.96. The van der Waals surface area contributed by atoms with Crippen LogP contribution in [0.5, 0.6) is 0 Å². The predicted octanol–water partition coefficient (Wildman–Crippen LogP) is -0.537. The second kappa shape index (κ2) is 7.64. The lowest BCUT2D eigenvalue weighted by Gasteiger charge is -2.25. The van der Waals surface area contributed by atoms with Gasteiger partial charge in [0.05, 0.1) is 25.4 Å². The van der Waals surface area contributed by atoms with E-state index in [0.29, 0.717) is 12.8 Å². The van der Waals surface area contributed by atoms with E-state index < -0.39 is 42.1 Å². The standard InChI is InChI=1S/C10H17B2O6PS2/c11-9-1-5(14)8(17-9)4-15-19(20,21)18-6-2-10(12)16-7(6)3-13/h5-10,13-14H,1-4H2,(H,20,21)/t5?,6?,7?,8?,9-,10?/m1/s1. The lowest BCUT2D eigenvalue weighted by Crippen LogP contribution is -2.28. The minimum absolute atomic E-state index is 0.0407. The Hall–Kier alpha value is 0.890. The van der Waals surface area contributed by atoms with Crippen molar-refractivity contribution >= 4 is 45.4 Å². The van der Waals surface area contributed by atoms with E-state index in [1.165, 1.54) is 0 Å². The predicted molar refractivity (Wildman–Crippen MR) is 85.3 cm³/mol. The average Bonchev–Trinajstić information content (AvgIpc) is 2.88. The van der Waals surface area contributed by atoms with Crippen molar-refractivity contribution in [2.45, 2.75) is 49.3 Å². The Bertz CT molecular complexity index is 406.